The molecule has 0 atom stereocenters. The number of hydrogen-bond donors (Lipinski definition) is 0. The molecule has 0 aliphatic rings. The van der Waals surface area contributed by atoms with Gasteiger partial charge in [0.25, 0.3) is 5.17 Å². The summed E-state index contributed by atoms with van der Waals surface area (Å²) in [5, 5.41) is 0.348. The third kappa shape index (κ3) is 2.93. The summed E-state index contributed by atoms with van der Waals surface area (Å²) in [5.74, 6) is 1.01. The van der Waals surface area contributed by atoms with Gasteiger partial charge in [0.05, 0.1) is 12.7 Å². The first-order chi connectivity index (χ1) is 7.58. The maximum atomic E-state index is 10.7. The lowest BCUT2D eigenvalue weighted by Crippen LogP contribution is -2.24. The third-order valence-electron chi connectivity index (χ3n) is 1.90. The molecule has 0 unspecified atom stereocenters. The van der Waals surface area contributed by atoms with Gasteiger partial charge in [0.1, 0.15) is 11.5 Å². The molecule has 0 saturated heterocycles. The van der Waals surface area contributed by atoms with Crippen LogP contribution >= 0.6 is 12.2 Å². The van der Waals surface area contributed by atoms with Crippen molar-refractivity contribution in [1.82, 2.24) is 4.90 Å². The molecule has 1 aromatic rings. The van der Waals surface area contributed by atoms with Crippen molar-refractivity contribution in [1.29, 1.82) is 0 Å². The first kappa shape index (κ1) is 12.4. The van der Waals surface area contributed by atoms with Gasteiger partial charge in [-0.3, -0.25) is 4.79 Å². The molecule has 16 heavy (non-hydrogen) atoms. The molecular weight excluding hydrogens is 226 g/mol. The normalized spacial score (nSPS) is 9.44. The number of rotatable bonds is 3. The Morgan fingerprint density at radius 3 is 2.62 bits per heavy atom. The predicted molar refractivity (Wildman–Crippen MR) is 65.3 cm³/mol. The van der Waals surface area contributed by atoms with Crippen LogP contribution in [0.25, 0.3) is 0 Å². The highest BCUT2D eigenvalue weighted by atomic mass is 32.1. The van der Waals surface area contributed by atoms with Crippen LogP contribution in [0.3, 0.4) is 0 Å². The number of hydrogen-bond acceptors (Lipinski definition) is 4. The molecule has 0 aromatic heterocycles. The second-order valence-corrected chi connectivity index (χ2v) is 3.63. The van der Waals surface area contributed by atoms with E-state index >= 15 is 0 Å². The van der Waals surface area contributed by atoms with Crippen molar-refractivity contribution in [2.24, 2.45) is 0 Å². The van der Waals surface area contributed by atoms with E-state index < -0.39 is 0 Å². The maximum Gasteiger partial charge on any atom is 0.264 e. The minimum absolute atomic E-state index is 0.348. The summed E-state index contributed by atoms with van der Waals surface area (Å²) in [4.78, 5) is 12.3. The first-order valence-corrected chi connectivity index (χ1v) is 5.01. The summed E-state index contributed by atoms with van der Waals surface area (Å²) in [6.07, 6.45) is 0.729. The van der Waals surface area contributed by atoms with E-state index in [0.29, 0.717) is 22.2 Å². The third-order valence-corrected chi connectivity index (χ3v) is 2.35. The van der Waals surface area contributed by atoms with Gasteiger partial charge in [-0.1, -0.05) is 0 Å². The summed E-state index contributed by atoms with van der Waals surface area (Å²) < 4.78 is 10.4. The van der Waals surface area contributed by atoms with Crippen LogP contribution in [0.4, 0.5) is 0 Å². The highest BCUT2D eigenvalue weighted by Crippen LogP contribution is 2.23. The fourth-order valence-electron chi connectivity index (χ4n) is 1.04. The molecule has 1 rings (SSSR count). The summed E-state index contributed by atoms with van der Waals surface area (Å²) in [7, 11) is 5.08. The minimum Gasteiger partial charge on any atom is -0.496 e. The lowest BCUT2D eigenvalue weighted by Gasteiger charge is -2.14. The molecule has 0 N–H and O–H groups in total. The summed E-state index contributed by atoms with van der Waals surface area (Å²) in [6, 6.07) is 4.92. The van der Waals surface area contributed by atoms with E-state index in [4.69, 9.17) is 21.7 Å². The van der Waals surface area contributed by atoms with E-state index in [1.54, 1.807) is 37.2 Å². The second-order valence-electron chi connectivity index (χ2n) is 3.28. The molecular formula is C11H13NO3S. The van der Waals surface area contributed by atoms with Crippen molar-refractivity contribution in [3.63, 3.8) is 0 Å². The smallest absolute Gasteiger partial charge is 0.264 e. The van der Waals surface area contributed by atoms with Gasteiger partial charge in [0.15, 0.2) is 6.29 Å². The number of methoxy groups -OCH3 is 1. The monoisotopic (exact) mass is 239 g/mol. The fourth-order valence-corrected chi connectivity index (χ4v) is 1.14. The number of nitrogens with zero attached hydrogens (tertiary/aromatic N) is 1. The van der Waals surface area contributed by atoms with Gasteiger partial charge in [0, 0.05) is 20.2 Å². The van der Waals surface area contributed by atoms with E-state index in [1.165, 1.54) is 7.11 Å². The molecule has 0 bridgehead atoms. The Labute approximate surface area is 99.8 Å². The molecule has 5 heteroatoms. The Bertz CT molecular complexity index is 404. The number of aldehydes is 1. The molecule has 4 nitrogen and oxygen atoms in total. The zero-order valence-corrected chi connectivity index (χ0v) is 10.2. The molecule has 0 amide bonds. The zero-order chi connectivity index (χ0) is 12.1. The van der Waals surface area contributed by atoms with Gasteiger partial charge in [-0.25, -0.2) is 0 Å². The molecule has 0 aliphatic carbocycles. The molecule has 0 radical (unpaired) electrons. The van der Waals surface area contributed by atoms with Crippen LogP contribution in [0.2, 0.25) is 0 Å². The average Bonchev–Trinajstić information content (AvgIpc) is 2.28. The molecule has 0 fully saturated rings. The van der Waals surface area contributed by atoms with Crippen LogP contribution in [0.1, 0.15) is 10.4 Å². The molecule has 0 aliphatic heterocycles. The number of ether oxygens (including phenoxy) is 2. The first-order valence-electron chi connectivity index (χ1n) is 4.61. The van der Waals surface area contributed by atoms with Gasteiger partial charge >= 0.3 is 0 Å². The predicted octanol–water partition coefficient (Wildman–Crippen LogP) is 1.73. The van der Waals surface area contributed by atoms with E-state index in [9.17, 15) is 4.79 Å². The van der Waals surface area contributed by atoms with Crippen molar-refractivity contribution in [3.8, 4) is 11.5 Å². The fraction of sp³-hybridized carbons (Fsp3) is 0.273. The highest BCUT2D eigenvalue weighted by Gasteiger charge is 2.07. The Balaban J connectivity index is 2.91. The van der Waals surface area contributed by atoms with Crippen LogP contribution in [-0.2, 0) is 0 Å². The summed E-state index contributed by atoms with van der Waals surface area (Å²) in [6.45, 7) is 0. The van der Waals surface area contributed by atoms with Crippen LogP contribution in [0.5, 0.6) is 11.5 Å². The van der Waals surface area contributed by atoms with Gasteiger partial charge < -0.3 is 14.4 Å². The van der Waals surface area contributed by atoms with Crippen molar-refractivity contribution < 1.29 is 14.3 Å². The standard InChI is InChI=1S/C11H13NO3S/c1-12(2)11(16)15-9-5-4-8(7-13)10(6-9)14-3/h4-7H,1-3H3. The van der Waals surface area contributed by atoms with Crippen molar-refractivity contribution in [3.05, 3.63) is 23.8 Å². The largest absolute Gasteiger partial charge is 0.496 e. The lowest BCUT2D eigenvalue weighted by atomic mass is 10.2. The molecule has 1 aromatic carbocycles. The van der Waals surface area contributed by atoms with Crippen LogP contribution in [0, 0.1) is 0 Å². The van der Waals surface area contributed by atoms with Crippen LogP contribution < -0.4 is 9.47 Å². The van der Waals surface area contributed by atoms with E-state index in [2.05, 4.69) is 0 Å². The highest BCUT2D eigenvalue weighted by molar-refractivity contribution is 7.80. The second kappa shape index (κ2) is 5.46. The average molecular weight is 239 g/mol. The van der Waals surface area contributed by atoms with Crippen molar-refractivity contribution in [2.45, 2.75) is 0 Å². The summed E-state index contributed by atoms with van der Waals surface area (Å²) in [5.41, 5.74) is 0.477. The maximum absolute atomic E-state index is 10.7. The van der Waals surface area contributed by atoms with Gasteiger partial charge in [0.2, 0.25) is 0 Å². The Kier molecular flexibility index (Phi) is 4.25. The number of carbonyl (C=O) groups is 1. The van der Waals surface area contributed by atoms with Crippen LogP contribution in [-0.4, -0.2) is 37.6 Å². The van der Waals surface area contributed by atoms with Gasteiger partial charge in [-0.15, -0.1) is 0 Å². The Morgan fingerprint density at radius 1 is 1.44 bits per heavy atom. The van der Waals surface area contributed by atoms with Gasteiger partial charge in [-0.05, 0) is 24.4 Å². The molecule has 0 spiro atoms. The molecule has 86 valence electrons. The van der Waals surface area contributed by atoms with E-state index in [0.717, 1.165) is 6.29 Å². The van der Waals surface area contributed by atoms with Crippen molar-refractivity contribution in [2.75, 3.05) is 21.2 Å². The minimum atomic E-state index is 0.348. The van der Waals surface area contributed by atoms with Gasteiger partial charge in [-0.2, -0.15) is 0 Å². The van der Waals surface area contributed by atoms with E-state index in [-0.39, 0.29) is 0 Å². The topological polar surface area (TPSA) is 38.8 Å². The zero-order valence-electron chi connectivity index (χ0n) is 9.39. The van der Waals surface area contributed by atoms with Crippen LogP contribution in [0.15, 0.2) is 18.2 Å². The number of carbonyl (C=O) groups excluding carboxylic acids is 1. The number of thiocarbonyl (C=S) groups is 1. The summed E-state index contributed by atoms with van der Waals surface area (Å²) >= 11 is 4.99. The Morgan fingerprint density at radius 2 is 2.12 bits per heavy atom. The molecule has 0 saturated carbocycles. The Hall–Kier alpha value is -1.62. The van der Waals surface area contributed by atoms with E-state index in [1.807, 2.05) is 0 Å². The molecule has 0 heterocycles. The quantitative estimate of drug-likeness (QED) is 0.593. The van der Waals surface area contributed by atoms with Crippen molar-refractivity contribution >= 4 is 23.7 Å². The SMILES string of the molecule is COc1cc(OC(=S)N(C)C)ccc1C=O. The number of benzene rings is 1. The lowest BCUT2D eigenvalue weighted by molar-refractivity contribution is 0.112.